The Hall–Kier alpha value is -2.19. The van der Waals surface area contributed by atoms with Crippen molar-refractivity contribution >= 4 is 39.0 Å². The molecule has 2 N–H and O–H groups in total. The first-order chi connectivity index (χ1) is 16.7. The molecular weight excluding hydrogens is 489 g/mol. The van der Waals surface area contributed by atoms with E-state index >= 15 is 0 Å². The van der Waals surface area contributed by atoms with Crippen LogP contribution >= 0.6 is 0 Å². The van der Waals surface area contributed by atoms with E-state index in [1.807, 2.05) is 12.4 Å². The van der Waals surface area contributed by atoms with Gasteiger partial charge >= 0.3 is 0 Å². The molecule has 0 saturated carbocycles. The van der Waals surface area contributed by atoms with Gasteiger partial charge in [-0.2, -0.15) is 0 Å². The Labute approximate surface area is 228 Å². The molecule has 0 unspecified atom stereocenters. The van der Waals surface area contributed by atoms with Gasteiger partial charge in [-0.25, -0.2) is 0 Å². The number of rotatable bonds is 8. The first-order valence-electron chi connectivity index (χ1n) is 13.5. The molecule has 0 heterocycles. The zero-order chi connectivity index (χ0) is 28.4. The highest BCUT2D eigenvalue weighted by Crippen LogP contribution is 2.33. The fourth-order valence-electron chi connectivity index (χ4n) is 4.10. The van der Waals surface area contributed by atoms with Crippen LogP contribution in [-0.2, 0) is 10.8 Å². The minimum atomic E-state index is -1.54. The zero-order valence-electron chi connectivity index (χ0n) is 25.4. The summed E-state index contributed by atoms with van der Waals surface area (Å²) in [6, 6.07) is 8.59. The van der Waals surface area contributed by atoms with Crippen molar-refractivity contribution in [2.24, 2.45) is 9.98 Å². The quantitative estimate of drug-likeness (QED) is 0.223. The van der Waals surface area contributed by atoms with Crippen molar-refractivity contribution in [3.05, 3.63) is 46.5 Å². The average Bonchev–Trinajstić information content (AvgIpc) is 2.71. The van der Waals surface area contributed by atoms with Crippen molar-refractivity contribution in [2.75, 3.05) is 13.1 Å². The number of hydrogen-bond donors (Lipinski definition) is 2. The molecule has 2 rings (SSSR count). The number of phenolic OH excluding ortho intramolecular Hbond substituents is 2. The Bertz CT molecular complexity index is 1060. The monoisotopic (exact) mass is 538 g/mol. The maximum atomic E-state index is 10.9. The molecule has 0 radical (unpaired) electrons. The highest BCUT2D eigenvalue weighted by molar-refractivity contribution is 6.89. The Balaban J connectivity index is 2.16. The Morgan fingerprint density at radius 2 is 0.946 bits per heavy atom. The topological polar surface area (TPSA) is 65.2 Å². The summed E-state index contributed by atoms with van der Waals surface area (Å²) in [5.74, 6) is 0.673. The van der Waals surface area contributed by atoms with Gasteiger partial charge in [-0.3, -0.25) is 9.98 Å². The van der Waals surface area contributed by atoms with E-state index in [0.29, 0.717) is 24.6 Å². The molecule has 0 aliphatic heterocycles. The largest absolute Gasteiger partial charge is 0.507 e. The molecule has 0 spiro atoms. The van der Waals surface area contributed by atoms with Crippen LogP contribution in [0.2, 0.25) is 39.3 Å². The van der Waals surface area contributed by atoms with E-state index in [1.54, 1.807) is 0 Å². The zero-order valence-corrected chi connectivity index (χ0v) is 27.4. The number of benzene rings is 2. The molecule has 0 aliphatic carbocycles. The summed E-state index contributed by atoms with van der Waals surface area (Å²) in [6.45, 7) is 28.0. The van der Waals surface area contributed by atoms with E-state index in [0.717, 1.165) is 28.7 Å². The predicted octanol–water partition coefficient (Wildman–Crippen LogP) is 6.71. The molecule has 0 aliphatic rings. The number of hydrogen-bond acceptors (Lipinski definition) is 4. The molecule has 2 aromatic carbocycles. The van der Waals surface area contributed by atoms with Gasteiger partial charge < -0.3 is 10.2 Å². The lowest BCUT2D eigenvalue weighted by atomic mass is 9.85. The van der Waals surface area contributed by atoms with Crippen LogP contribution in [-0.4, -0.2) is 51.9 Å². The second kappa shape index (κ2) is 11.3. The van der Waals surface area contributed by atoms with E-state index < -0.39 is 16.1 Å². The van der Waals surface area contributed by atoms with Gasteiger partial charge in [0.15, 0.2) is 0 Å². The van der Waals surface area contributed by atoms with Gasteiger partial charge in [0, 0.05) is 36.6 Å². The maximum Gasteiger partial charge on any atom is 0.128 e. The molecular formula is C31H50N2O2Si2. The smallest absolute Gasteiger partial charge is 0.128 e. The van der Waals surface area contributed by atoms with Crippen LogP contribution in [0.25, 0.3) is 0 Å². The Morgan fingerprint density at radius 1 is 0.622 bits per heavy atom. The molecule has 0 aromatic heterocycles. The van der Waals surface area contributed by atoms with Crippen LogP contribution in [0.1, 0.15) is 70.2 Å². The van der Waals surface area contributed by atoms with Crippen molar-refractivity contribution in [2.45, 2.75) is 98.1 Å². The highest BCUT2D eigenvalue weighted by atomic mass is 28.3. The number of aromatic hydroxyl groups is 2. The molecule has 0 atom stereocenters. The molecule has 2 aromatic rings. The summed E-state index contributed by atoms with van der Waals surface area (Å²) in [5.41, 5.74) is 3.29. The van der Waals surface area contributed by atoms with E-state index in [1.165, 1.54) is 10.4 Å². The lowest BCUT2D eigenvalue weighted by Crippen LogP contribution is -2.38. The molecule has 0 amide bonds. The second-order valence-corrected chi connectivity index (χ2v) is 24.5. The highest BCUT2D eigenvalue weighted by Gasteiger charge is 2.26. The maximum absolute atomic E-state index is 10.9. The number of phenols is 2. The fraction of sp³-hybridized carbons (Fsp3) is 0.548. The summed E-state index contributed by atoms with van der Waals surface area (Å²) in [5, 5.41) is 24.6. The molecule has 6 heteroatoms. The summed E-state index contributed by atoms with van der Waals surface area (Å²) in [7, 11) is -3.08. The normalized spacial score (nSPS) is 13.7. The third kappa shape index (κ3) is 8.40. The van der Waals surface area contributed by atoms with Crippen LogP contribution in [0.15, 0.2) is 34.3 Å². The minimum Gasteiger partial charge on any atom is -0.507 e. The van der Waals surface area contributed by atoms with Crippen molar-refractivity contribution in [1.29, 1.82) is 0 Å². The van der Waals surface area contributed by atoms with Gasteiger partial charge in [0.2, 0.25) is 0 Å². The lowest BCUT2D eigenvalue weighted by molar-refractivity contribution is 0.445. The van der Waals surface area contributed by atoms with Crippen LogP contribution in [0.3, 0.4) is 0 Å². The van der Waals surface area contributed by atoms with Gasteiger partial charge in [-0.05, 0) is 28.4 Å². The molecule has 0 fully saturated rings. The van der Waals surface area contributed by atoms with Crippen LogP contribution in [0.4, 0.5) is 0 Å². The Kier molecular flexibility index (Phi) is 9.46. The molecule has 4 nitrogen and oxygen atoms in total. The van der Waals surface area contributed by atoms with E-state index in [-0.39, 0.29) is 10.8 Å². The van der Waals surface area contributed by atoms with E-state index in [4.69, 9.17) is 0 Å². The van der Waals surface area contributed by atoms with Gasteiger partial charge in [0.05, 0.1) is 16.1 Å². The van der Waals surface area contributed by atoms with Crippen molar-refractivity contribution in [3.8, 4) is 11.5 Å². The SMILES string of the molecule is CC(C)(C)c1cc([Si](C)(C)C)cc(C=NCCCN=Cc2cc([Si](C)(C)C)cc(C(C)(C)C)c2O)c1O. The Morgan fingerprint density at radius 3 is 1.22 bits per heavy atom. The van der Waals surface area contributed by atoms with Crippen LogP contribution < -0.4 is 10.4 Å². The van der Waals surface area contributed by atoms with Crippen LogP contribution in [0.5, 0.6) is 11.5 Å². The van der Waals surface area contributed by atoms with Gasteiger partial charge in [-0.1, -0.05) is 115 Å². The lowest BCUT2D eigenvalue weighted by Gasteiger charge is -2.26. The van der Waals surface area contributed by atoms with Gasteiger partial charge in [0.1, 0.15) is 11.5 Å². The standard InChI is InChI=1S/C31H50N2O2Si2/c1-30(2,3)26-18-24(36(7,8)9)16-22(28(26)34)20-32-14-13-15-33-21-23-17-25(37(10,11)12)19-27(29(23)35)31(4,5)6/h16-21,34-35H,13-15H2,1-12H3. The summed E-state index contributed by atoms with van der Waals surface area (Å²) in [6.07, 6.45) is 4.43. The summed E-state index contributed by atoms with van der Waals surface area (Å²) >= 11 is 0. The number of aliphatic imine (C=N–C) groups is 2. The van der Waals surface area contributed by atoms with Crippen molar-refractivity contribution in [3.63, 3.8) is 0 Å². The van der Waals surface area contributed by atoms with E-state index in [2.05, 4.69) is 115 Å². The van der Waals surface area contributed by atoms with Gasteiger partial charge in [-0.15, -0.1) is 0 Å². The summed E-state index contributed by atoms with van der Waals surface area (Å²) < 4.78 is 0. The molecule has 204 valence electrons. The van der Waals surface area contributed by atoms with Gasteiger partial charge in [0.25, 0.3) is 0 Å². The number of nitrogens with zero attached hydrogens (tertiary/aromatic N) is 2. The molecule has 0 saturated heterocycles. The molecule has 0 bridgehead atoms. The van der Waals surface area contributed by atoms with Crippen molar-refractivity contribution < 1.29 is 10.2 Å². The van der Waals surface area contributed by atoms with E-state index in [9.17, 15) is 10.2 Å². The van der Waals surface area contributed by atoms with Crippen molar-refractivity contribution in [1.82, 2.24) is 0 Å². The fourth-order valence-corrected chi connectivity index (χ4v) is 6.43. The summed E-state index contributed by atoms with van der Waals surface area (Å²) in [4.78, 5) is 9.23. The van der Waals surface area contributed by atoms with Crippen LogP contribution in [0, 0.1) is 0 Å². The first kappa shape index (κ1) is 31.0. The predicted molar refractivity (Wildman–Crippen MR) is 169 cm³/mol. The third-order valence-corrected chi connectivity index (χ3v) is 10.7. The third-order valence-electron chi connectivity index (χ3n) is 6.66. The minimum absolute atomic E-state index is 0.137. The second-order valence-electron chi connectivity index (χ2n) is 14.3. The molecule has 37 heavy (non-hydrogen) atoms. The average molecular weight is 539 g/mol. The first-order valence-corrected chi connectivity index (χ1v) is 20.5.